The number of carbonyl (C=O) groups excluding carboxylic acids is 1. The lowest BCUT2D eigenvalue weighted by Gasteiger charge is -2.17. The van der Waals surface area contributed by atoms with Gasteiger partial charge in [0.2, 0.25) is 5.88 Å². The molecule has 2 unspecified atom stereocenters. The highest BCUT2D eigenvalue weighted by Crippen LogP contribution is 2.29. The number of pyridine rings is 1. The SMILES string of the molecule is CSCCC(NC(=O)COc1nc(-c2ccc(-c3ccccc3)cc2)ccc1NCC(N)CS)C(=O)O. The molecule has 1 heterocycles. The van der Waals surface area contributed by atoms with E-state index in [9.17, 15) is 14.7 Å². The van der Waals surface area contributed by atoms with Crippen LogP contribution in [0.5, 0.6) is 5.88 Å². The number of nitrogens with two attached hydrogens (primary N) is 1. The largest absolute Gasteiger partial charge is 0.480 e. The number of hydrogen-bond acceptors (Lipinski definition) is 8. The summed E-state index contributed by atoms with van der Waals surface area (Å²) < 4.78 is 5.76. The number of rotatable bonds is 14. The van der Waals surface area contributed by atoms with Gasteiger partial charge in [-0.25, -0.2) is 9.78 Å². The van der Waals surface area contributed by atoms with Gasteiger partial charge in [-0.2, -0.15) is 24.4 Å². The lowest BCUT2D eigenvalue weighted by molar-refractivity contribution is -0.142. The summed E-state index contributed by atoms with van der Waals surface area (Å²) in [4.78, 5) is 28.6. The molecule has 8 nitrogen and oxygen atoms in total. The van der Waals surface area contributed by atoms with Gasteiger partial charge in [0.05, 0.1) is 11.4 Å². The Morgan fingerprint density at radius 2 is 1.73 bits per heavy atom. The van der Waals surface area contributed by atoms with Crippen LogP contribution in [0, 0.1) is 0 Å². The molecule has 2 atom stereocenters. The molecule has 0 saturated heterocycles. The highest BCUT2D eigenvalue weighted by Gasteiger charge is 2.20. The third-order valence-electron chi connectivity index (χ3n) is 5.52. The molecule has 37 heavy (non-hydrogen) atoms. The minimum atomic E-state index is -1.08. The Bertz CT molecular complexity index is 1160. The van der Waals surface area contributed by atoms with Crippen LogP contribution < -0.4 is 21.1 Å². The van der Waals surface area contributed by atoms with Crippen LogP contribution in [0.1, 0.15) is 6.42 Å². The van der Waals surface area contributed by atoms with Crippen LogP contribution >= 0.6 is 24.4 Å². The number of thiol groups is 1. The molecule has 1 aromatic heterocycles. The molecule has 0 radical (unpaired) electrons. The molecule has 0 aliphatic heterocycles. The number of ether oxygens (including phenoxy) is 1. The molecular weight excluding hydrogens is 508 g/mol. The van der Waals surface area contributed by atoms with E-state index in [1.807, 2.05) is 60.9 Å². The van der Waals surface area contributed by atoms with Crippen LogP contribution in [-0.2, 0) is 9.59 Å². The number of nitrogens with zero attached hydrogens (tertiary/aromatic N) is 1. The van der Waals surface area contributed by atoms with Crippen molar-refractivity contribution in [3.05, 3.63) is 66.7 Å². The number of benzene rings is 2. The molecule has 3 rings (SSSR count). The molecule has 5 N–H and O–H groups in total. The van der Waals surface area contributed by atoms with Crippen LogP contribution in [0.15, 0.2) is 66.7 Å². The molecule has 0 spiro atoms. The second-order valence-electron chi connectivity index (χ2n) is 8.34. The number of aliphatic carboxylic acids is 1. The fraction of sp³-hybridized carbons (Fsp3) is 0.296. The maximum atomic E-state index is 12.5. The van der Waals surface area contributed by atoms with Crippen molar-refractivity contribution >= 4 is 42.0 Å². The van der Waals surface area contributed by atoms with E-state index < -0.39 is 17.9 Å². The Morgan fingerprint density at radius 1 is 1.05 bits per heavy atom. The number of anilines is 1. The highest BCUT2D eigenvalue weighted by molar-refractivity contribution is 7.98. The fourth-order valence-corrected chi connectivity index (χ4v) is 4.08. The number of carboxylic acid groups (broad SMARTS) is 1. The number of nitrogens with one attached hydrogen (secondary N) is 2. The second kappa shape index (κ2) is 14.5. The summed E-state index contributed by atoms with van der Waals surface area (Å²) in [6.07, 6.45) is 2.20. The molecule has 10 heteroatoms. The lowest BCUT2D eigenvalue weighted by Crippen LogP contribution is -2.43. The zero-order valence-corrected chi connectivity index (χ0v) is 22.3. The van der Waals surface area contributed by atoms with Gasteiger partial charge in [0, 0.05) is 23.9 Å². The molecule has 0 fully saturated rings. The van der Waals surface area contributed by atoms with Crippen LogP contribution in [-0.4, -0.2) is 65.0 Å². The third kappa shape index (κ3) is 8.70. The molecule has 0 aliphatic rings. The second-order valence-corrected chi connectivity index (χ2v) is 9.70. The molecule has 1 amide bonds. The Kier molecular flexibility index (Phi) is 11.1. The van der Waals surface area contributed by atoms with E-state index in [4.69, 9.17) is 10.5 Å². The lowest BCUT2D eigenvalue weighted by atomic mass is 10.0. The molecule has 0 aliphatic carbocycles. The number of carboxylic acids is 1. The van der Waals surface area contributed by atoms with Crippen molar-refractivity contribution in [1.82, 2.24) is 10.3 Å². The van der Waals surface area contributed by atoms with Gasteiger partial charge >= 0.3 is 5.97 Å². The molecular formula is C27H32N4O4S2. The summed E-state index contributed by atoms with van der Waals surface area (Å²) in [6, 6.07) is 20.6. The van der Waals surface area contributed by atoms with Gasteiger partial charge in [0.1, 0.15) is 6.04 Å². The third-order valence-corrected chi connectivity index (χ3v) is 6.63. The summed E-state index contributed by atoms with van der Waals surface area (Å²) in [5.41, 5.74) is 10.3. The van der Waals surface area contributed by atoms with E-state index in [1.54, 1.807) is 0 Å². The van der Waals surface area contributed by atoms with Crippen molar-refractivity contribution < 1.29 is 19.4 Å². The van der Waals surface area contributed by atoms with Gasteiger partial charge in [0.25, 0.3) is 5.91 Å². The Morgan fingerprint density at radius 3 is 2.38 bits per heavy atom. The summed E-state index contributed by atoms with van der Waals surface area (Å²) in [6.45, 7) is 0.0639. The molecule has 2 aromatic carbocycles. The van der Waals surface area contributed by atoms with Crippen LogP contribution in [0.4, 0.5) is 5.69 Å². The topological polar surface area (TPSA) is 127 Å². The number of amides is 1. The first-order chi connectivity index (χ1) is 17.9. The Balaban J connectivity index is 1.77. The average Bonchev–Trinajstić information content (AvgIpc) is 2.93. The van der Waals surface area contributed by atoms with Gasteiger partial charge in [-0.3, -0.25) is 4.79 Å². The average molecular weight is 541 g/mol. The zero-order valence-electron chi connectivity index (χ0n) is 20.6. The van der Waals surface area contributed by atoms with E-state index in [0.717, 1.165) is 16.7 Å². The number of thioether (sulfide) groups is 1. The minimum Gasteiger partial charge on any atom is -0.480 e. The highest BCUT2D eigenvalue weighted by atomic mass is 32.2. The Hall–Kier alpha value is -3.21. The van der Waals surface area contributed by atoms with Crippen molar-refractivity contribution in [3.8, 4) is 28.3 Å². The minimum absolute atomic E-state index is 0.183. The fourth-order valence-electron chi connectivity index (χ4n) is 3.48. The smallest absolute Gasteiger partial charge is 0.326 e. The van der Waals surface area contributed by atoms with E-state index in [1.165, 1.54) is 11.8 Å². The quantitative estimate of drug-likeness (QED) is 0.196. The number of carbonyl (C=O) groups is 2. The first-order valence-electron chi connectivity index (χ1n) is 11.8. The van der Waals surface area contributed by atoms with E-state index >= 15 is 0 Å². The number of aromatic nitrogens is 1. The molecule has 0 bridgehead atoms. The predicted molar refractivity (Wildman–Crippen MR) is 153 cm³/mol. The van der Waals surface area contributed by atoms with E-state index in [0.29, 0.717) is 35.9 Å². The molecule has 3 aromatic rings. The first kappa shape index (κ1) is 28.4. The van der Waals surface area contributed by atoms with Gasteiger partial charge in [-0.15, -0.1) is 0 Å². The molecule has 0 saturated carbocycles. The standard InChI is InChI=1S/C27H32N4O4S2/c1-37-14-13-24(27(33)34)30-25(32)16-35-26-23(29-15-21(28)17-36)12-11-22(31-26)20-9-7-19(8-10-20)18-5-3-2-4-6-18/h2-12,21,24,29,36H,13-17,28H2,1H3,(H,30,32)(H,33,34). The van der Waals surface area contributed by atoms with Crippen LogP contribution in [0.3, 0.4) is 0 Å². The maximum absolute atomic E-state index is 12.5. The van der Waals surface area contributed by atoms with Crippen molar-refractivity contribution in [2.45, 2.75) is 18.5 Å². The monoisotopic (exact) mass is 540 g/mol. The van der Waals surface area contributed by atoms with Crippen molar-refractivity contribution in [2.24, 2.45) is 5.73 Å². The van der Waals surface area contributed by atoms with Gasteiger partial charge < -0.3 is 26.2 Å². The van der Waals surface area contributed by atoms with Crippen molar-refractivity contribution in [3.63, 3.8) is 0 Å². The normalized spacial score (nSPS) is 12.4. The first-order valence-corrected chi connectivity index (χ1v) is 13.8. The molecule has 196 valence electrons. The van der Waals surface area contributed by atoms with Crippen LogP contribution in [0.2, 0.25) is 0 Å². The summed E-state index contributed by atoms with van der Waals surface area (Å²) in [5, 5.41) is 15.1. The van der Waals surface area contributed by atoms with Crippen LogP contribution in [0.25, 0.3) is 22.4 Å². The zero-order chi connectivity index (χ0) is 26.6. The van der Waals surface area contributed by atoms with Gasteiger partial charge in [-0.05, 0) is 41.7 Å². The maximum Gasteiger partial charge on any atom is 0.326 e. The Labute approximate surface area is 226 Å². The van der Waals surface area contributed by atoms with Crippen molar-refractivity contribution in [1.29, 1.82) is 0 Å². The van der Waals surface area contributed by atoms with Gasteiger partial charge in [-0.1, -0.05) is 54.6 Å². The van der Waals surface area contributed by atoms with Crippen molar-refractivity contribution in [2.75, 3.05) is 36.2 Å². The summed E-state index contributed by atoms with van der Waals surface area (Å²) >= 11 is 5.73. The predicted octanol–water partition coefficient (Wildman–Crippen LogP) is 3.79. The number of hydrogen-bond donors (Lipinski definition) is 5. The van der Waals surface area contributed by atoms with E-state index in [-0.39, 0.29) is 18.5 Å². The van der Waals surface area contributed by atoms with E-state index in [2.05, 4.69) is 40.4 Å². The van der Waals surface area contributed by atoms with Gasteiger partial charge in [0.15, 0.2) is 6.61 Å². The summed E-state index contributed by atoms with van der Waals surface area (Å²) in [5.74, 6) is -0.278. The summed E-state index contributed by atoms with van der Waals surface area (Å²) in [7, 11) is 0.